The standard InChI is InChI=1S/C36H65O8P/c1-3-5-7-9-11-13-15-16-17-18-19-20-21-23-24-26-28-30-35(37)42-32-34(33-43-45(39,40)41)44-36(38)31-29-27-25-22-14-12-10-8-6-4-2/h11,13,16-17,19-20,34H,3-10,12,14-15,18,21-33H2,1-2H3,(H2,39,40,41)/b13-11-,17-16-,20-19-/t34-/m1/s1. The van der Waals surface area contributed by atoms with E-state index < -0.39 is 32.5 Å². The van der Waals surface area contributed by atoms with Gasteiger partial charge in [-0.2, -0.15) is 0 Å². The van der Waals surface area contributed by atoms with E-state index >= 15 is 0 Å². The van der Waals surface area contributed by atoms with E-state index in [1.54, 1.807) is 0 Å². The Hall–Kier alpha value is -1.73. The van der Waals surface area contributed by atoms with Crippen LogP contribution in [0.15, 0.2) is 36.5 Å². The number of carbonyl (C=O) groups is 2. The molecule has 0 aromatic rings. The molecule has 2 N–H and O–H groups in total. The van der Waals surface area contributed by atoms with Crippen LogP contribution in [-0.2, 0) is 28.2 Å². The first-order valence-corrected chi connectivity index (χ1v) is 19.3. The van der Waals surface area contributed by atoms with Crippen LogP contribution in [0, 0.1) is 0 Å². The Morgan fingerprint density at radius 2 is 1.00 bits per heavy atom. The highest BCUT2D eigenvalue weighted by Crippen LogP contribution is 2.36. The fourth-order valence-electron chi connectivity index (χ4n) is 4.73. The summed E-state index contributed by atoms with van der Waals surface area (Å²) in [6, 6.07) is 0. The third-order valence-corrected chi connectivity index (χ3v) is 7.90. The summed E-state index contributed by atoms with van der Waals surface area (Å²) in [5, 5.41) is 0. The SMILES string of the molecule is CCCCC/C=C\C/C=C\C/C=C\CCCCCCC(=O)OC[C@H](COP(=O)(O)O)OC(=O)CCCCCCCCCCCC. The zero-order chi connectivity index (χ0) is 33.3. The van der Waals surface area contributed by atoms with Crippen molar-refractivity contribution in [1.82, 2.24) is 0 Å². The molecule has 0 aliphatic carbocycles. The van der Waals surface area contributed by atoms with E-state index in [0.29, 0.717) is 12.8 Å². The molecule has 0 heterocycles. The molecule has 0 unspecified atom stereocenters. The number of unbranched alkanes of at least 4 members (excludes halogenated alkanes) is 16. The number of carbonyl (C=O) groups excluding carboxylic acids is 2. The molecule has 0 amide bonds. The van der Waals surface area contributed by atoms with Gasteiger partial charge in [-0.05, 0) is 51.4 Å². The molecule has 0 aromatic heterocycles. The molecule has 0 aromatic carbocycles. The number of allylic oxidation sites excluding steroid dienone is 6. The van der Waals surface area contributed by atoms with Crippen LogP contribution < -0.4 is 0 Å². The van der Waals surface area contributed by atoms with Crippen molar-refractivity contribution in [1.29, 1.82) is 0 Å². The molecular formula is C36H65O8P. The first-order chi connectivity index (χ1) is 21.8. The fraction of sp³-hybridized carbons (Fsp3) is 0.778. The summed E-state index contributed by atoms with van der Waals surface area (Å²) in [5.41, 5.74) is 0. The second kappa shape index (κ2) is 32.2. The number of rotatable bonds is 32. The first-order valence-electron chi connectivity index (χ1n) is 17.8. The number of ether oxygens (including phenoxy) is 2. The lowest BCUT2D eigenvalue weighted by atomic mass is 10.1. The molecule has 0 rings (SSSR count). The maximum atomic E-state index is 12.3. The van der Waals surface area contributed by atoms with Gasteiger partial charge in [0.25, 0.3) is 0 Å². The number of hydrogen-bond donors (Lipinski definition) is 2. The second-order valence-corrected chi connectivity index (χ2v) is 13.1. The van der Waals surface area contributed by atoms with E-state index in [1.165, 1.54) is 64.2 Å². The van der Waals surface area contributed by atoms with Crippen LogP contribution in [0.1, 0.15) is 162 Å². The molecule has 0 aliphatic heterocycles. The predicted molar refractivity (Wildman–Crippen MR) is 184 cm³/mol. The molecule has 45 heavy (non-hydrogen) atoms. The minimum absolute atomic E-state index is 0.208. The van der Waals surface area contributed by atoms with Crippen molar-refractivity contribution in [2.75, 3.05) is 13.2 Å². The van der Waals surface area contributed by atoms with E-state index in [1.807, 2.05) is 0 Å². The van der Waals surface area contributed by atoms with Crippen LogP contribution in [0.25, 0.3) is 0 Å². The van der Waals surface area contributed by atoms with Crippen molar-refractivity contribution in [3.63, 3.8) is 0 Å². The van der Waals surface area contributed by atoms with Crippen molar-refractivity contribution < 1.29 is 37.9 Å². The fourth-order valence-corrected chi connectivity index (χ4v) is 5.09. The van der Waals surface area contributed by atoms with E-state index in [9.17, 15) is 14.2 Å². The summed E-state index contributed by atoms with van der Waals surface area (Å²) in [7, 11) is -4.75. The number of esters is 2. The third-order valence-electron chi connectivity index (χ3n) is 7.41. The van der Waals surface area contributed by atoms with E-state index in [0.717, 1.165) is 57.8 Å². The second-order valence-electron chi connectivity index (χ2n) is 11.8. The average molecular weight is 657 g/mol. The van der Waals surface area contributed by atoms with Crippen molar-refractivity contribution >= 4 is 19.8 Å². The summed E-state index contributed by atoms with van der Waals surface area (Å²) in [6.45, 7) is 3.60. The van der Waals surface area contributed by atoms with Gasteiger partial charge < -0.3 is 19.3 Å². The molecular weight excluding hydrogens is 591 g/mol. The zero-order valence-electron chi connectivity index (χ0n) is 28.5. The van der Waals surface area contributed by atoms with Crippen molar-refractivity contribution in [3.05, 3.63) is 36.5 Å². The molecule has 0 bridgehead atoms. The number of phosphoric acid groups is 1. The minimum atomic E-state index is -4.75. The molecule has 8 nitrogen and oxygen atoms in total. The summed E-state index contributed by atoms with van der Waals surface area (Å²) in [6.07, 6.45) is 35.8. The summed E-state index contributed by atoms with van der Waals surface area (Å²) >= 11 is 0. The van der Waals surface area contributed by atoms with Gasteiger partial charge in [0.2, 0.25) is 0 Å². The Balaban J connectivity index is 4.02. The van der Waals surface area contributed by atoms with Gasteiger partial charge >= 0.3 is 19.8 Å². The number of hydrogen-bond acceptors (Lipinski definition) is 6. The molecule has 0 radical (unpaired) electrons. The van der Waals surface area contributed by atoms with Crippen molar-refractivity contribution in [3.8, 4) is 0 Å². The van der Waals surface area contributed by atoms with Gasteiger partial charge in [-0.1, -0.05) is 134 Å². The predicted octanol–water partition coefficient (Wildman–Crippen LogP) is 10.2. The molecule has 0 fully saturated rings. The summed E-state index contributed by atoms with van der Waals surface area (Å²) < 4.78 is 26.2. The lowest BCUT2D eigenvalue weighted by molar-refractivity contribution is -0.161. The van der Waals surface area contributed by atoms with Gasteiger partial charge in [0.1, 0.15) is 6.61 Å². The van der Waals surface area contributed by atoms with Gasteiger partial charge in [0.05, 0.1) is 6.61 Å². The van der Waals surface area contributed by atoms with Crippen LogP contribution in [0.5, 0.6) is 0 Å². The van der Waals surface area contributed by atoms with Gasteiger partial charge in [-0.25, -0.2) is 4.57 Å². The molecule has 0 aliphatic rings. The van der Waals surface area contributed by atoms with Gasteiger partial charge in [-0.15, -0.1) is 0 Å². The molecule has 9 heteroatoms. The smallest absolute Gasteiger partial charge is 0.462 e. The topological polar surface area (TPSA) is 119 Å². The Morgan fingerprint density at radius 3 is 1.53 bits per heavy atom. The minimum Gasteiger partial charge on any atom is -0.462 e. The van der Waals surface area contributed by atoms with Crippen LogP contribution in [0.3, 0.4) is 0 Å². The number of phosphoric ester groups is 1. The van der Waals surface area contributed by atoms with Crippen LogP contribution in [0.2, 0.25) is 0 Å². The highest BCUT2D eigenvalue weighted by Gasteiger charge is 2.22. The summed E-state index contributed by atoms with van der Waals surface area (Å²) in [5.74, 6) is -0.912. The van der Waals surface area contributed by atoms with E-state index in [2.05, 4.69) is 54.8 Å². The lowest BCUT2D eigenvalue weighted by Gasteiger charge is -2.18. The highest BCUT2D eigenvalue weighted by atomic mass is 31.2. The Bertz CT molecular complexity index is 833. The average Bonchev–Trinajstić information content (AvgIpc) is 3.00. The molecule has 0 spiro atoms. The lowest BCUT2D eigenvalue weighted by Crippen LogP contribution is -2.29. The maximum Gasteiger partial charge on any atom is 0.469 e. The molecule has 262 valence electrons. The van der Waals surface area contributed by atoms with Crippen LogP contribution in [0.4, 0.5) is 0 Å². The van der Waals surface area contributed by atoms with Gasteiger partial charge in [-0.3, -0.25) is 14.1 Å². The third kappa shape index (κ3) is 35.0. The largest absolute Gasteiger partial charge is 0.469 e. The Labute approximate surface area is 274 Å². The van der Waals surface area contributed by atoms with Gasteiger partial charge in [0, 0.05) is 12.8 Å². The van der Waals surface area contributed by atoms with E-state index in [4.69, 9.17) is 19.3 Å². The zero-order valence-corrected chi connectivity index (χ0v) is 29.4. The Kier molecular flexibility index (Phi) is 31.0. The molecule has 1 atom stereocenters. The van der Waals surface area contributed by atoms with E-state index in [-0.39, 0.29) is 19.4 Å². The maximum absolute atomic E-state index is 12.3. The van der Waals surface area contributed by atoms with Crippen LogP contribution >= 0.6 is 7.82 Å². The highest BCUT2D eigenvalue weighted by molar-refractivity contribution is 7.46. The Morgan fingerprint density at radius 1 is 0.578 bits per heavy atom. The first kappa shape index (κ1) is 43.3. The van der Waals surface area contributed by atoms with Gasteiger partial charge in [0.15, 0.2) is 6.10 Å². The molecule has 0 saturated carbocycles. The molecule has 0 saturated heterocycles. The quantitative estimate of drug-likeness (QED) is 0.0318. The van der Waals surface area contributed by atoms with Crippen molar-refractivity contribution in [2.24, 2.45) is 0 Å². The monoisotopic (exact) mass is 656 g/mol. The van der Waals surface area contributed by atoms with Crippen LogP contribution in [-0.4, -0.2) is 41.0 Å². The van der Waals surface area contributed by atoms with Crippen molar-refractivity contribution in [2.45, 2.75) is 168 Å². The summed E-state index contributed by atoms with van der Waals surface area (Å²) in [4.78, 5) is 42.5. The normalized spacial score (nSPS) is 12.9.